The van der Waals surface area contributed by atoms with Crippen LogP contribution in [-0.4, -0.2) is 24.2 Å². The van der Waals surface area contributed by atoms with E-state index in [4.69, 9.17) is 9.47 Å². The Morgan fingerprint density at radius 2 is 2.09 bits per heavy atom. The molecule has 2 aliphatic rings. The largest absolute Gasteiger partial charge is 0.493 e. The maximum Gasteiger partial charge on any atom is 0.269 e. The number of hydrazone groups is 1. The Kier molecular flexibility index (Phi) is 6.69. The first-order valence-corrected chi connectivity index (χ1v) is 11.7. The third kappa shape index (κ3) is 4.88. The van der Waals surface area contributed by atoms with Gasteiger partial charge in [0.2, 0.25) is 5.91 Å². The first kappa shape index (κ1) is 23.2. The zero-order chi connectivity index (χ0) is 23.6. The number of halogens is 1. The van der Waals surface area contributed by atoms with Crippen molar-refractivity contribution in [3.63, 3.8) is 0 Å². The van der Waals surface area contributed by atoms with Gasteiger partial charge in [-0.1, -0.05) is 19.8 Å². The summed E-state index contributed by atoms with van der Waals surface area (Å²) in [5, 5.41) is 14.9. The van der Waals surface area contributed by atoms with Crippen LogP contribution in [0.2, 0.25) is 0 Å². The highest BCUT2D eigenvalue weighted by Gasteiger charge is 2.64. The molecule has 0 bridgehead atoms. The van der Waals surface area contributed by atoms with Gasteiger partial charge in [-0.05, 0) is 75.5 Å². The first-order chi connectivity index (χ1) is 15.8. The SMILES string of the molecule is COc1cc(/C=N\NC(=O)[C@@H]2[C@@H]3CCCC[C@@]23C)cc(Br)c1OCc1ccc([N+](=O)[O-])cc1. The minimum atomic E-state index is -0.440. The Morgan fingerprint density at radius 3 is 2.73 bits per heavy atom. The number of rotatable bonds is 8. The molecule has 0 heterocycles. The number of non-ortho nitro benzene ring substituents is 1. The first-order valence-electron chi connectivity index (χ1n) is 10.9. The van der Waals surface area contributed by atoms with Crippen molar-refractivity contribution < 1.29 is 19.2 Å². The van der Waals surface area contributed by atoms with Gasteiger partial charge in [0.1, 0.15) is 6.61 Å². The minimum Gasteiger partial charge on any atom is -0.493 e. The molecular formula is C24H26BrN3O5. The average molecular weight is 516 g/mol. The Morgan fingerprint density at radius 1 is 1.33 bits per heavy atom. The van der Waals surface area contributed by atoms with Crippen LogP contribution in [-0.2, 0) is 11.4 Å². The highest BCUT2D eigenvalue weighted by molar-refractivity contribution is 9.10. The number of nitro benzene ring substituents is 1. The summed E-state index contributed by atoms with van der Waals surface area (Å²) in [6.45, 7) is 2.43. The second-order valence-corrected chi connectivity index (χ2v) is 9.67. The van der Waals surface area contributed by atoms with E-state index in [0.29, 0.717) is 21.9 Å². The highest BCUT2D eigenvalue weighted by atomic mass is 79.9. The number of amides is 1. The van der Waals surface area contributed by atoms with Gasteiger partial charge in [-0.3, -0.25) is 14.9 Å². The lowest BCUT2D eigenvalue weighted by molar-refractivity contribution is -0.384. The molecule has 0 unspecified atom stereocenters. The van der Waals surface area contributed by atoms with Crippen molar-refractivity contribution >= 4 is 33.7 Å². The van der Waals surface area contributed by atoms with Crippen molar-refractivity contribution in [2.45, 2.75) is 39.2 Å². The number of ether oxygens (including phenoxy) is 2. The van der Waals surface area contributed by atoms with Crippen LogP contribution in [0.1, 0.15) is 43.7 Å². The third-order valence-corrected chi connectivity index (χ3v) is 7.37. The van der Waals surface area contributed by atoms with E-state index < -0.39 is 4.92 Å². The number of nitro groups is 1. The molecule has 33 heavy (non-hydrogen) atoms. The summed E-state index contributed by atoms with van der Waals surface area (Å²) in [6.07, 6.45) is 6.24. The lowest BCUT2D eigenvalue weighted by atomic mass is 9.90. The fourth-order valence-electron chi connectivity index (χ4n) is 4.91. The molecular weight excluding hydrogens is 490 g/mol. The number of hydrogen-bond donors (Lipinski definition) is 1. The van der Waals surface area contributed by atoms with Crippen molar-refractivity contribution in [2.75, 3.05) is 7.11 Å². The van der Waals surface area contributed by atoms with Gasteiger partial charge in [0.05, 0.1) is 22.7 Å². The summed E-state index contributed by atoms with van der Waals surface area (Å²) in [6, 6.07) is 9.77. The summed E-state index contributed by atoms with van der Waals surface area (Å²) >= 11 is 3.50. The molecule has 174 valence electrons. The average Bonchev–Trinajstić information content (AvgIpc) is 3.43. The zero-order valence-electron chi connectivity index (χ0n) is 18.5. The van der Waals surface area contributed by atoms with Gasteiger partial charge in [-0.25, -0.2) is 5.43 Å². The smallest absolute Gasteiger partial charge is 0.269 e. The van der Waals surface area contributed by atoms with E-state index >= 15 is 0 Å². The maximum absolute atomic E-state index is 12.6. The molecule has 9 heteroatoms. The molecule has 0 radical (unpaired) electrons. The maximum atomic E-state index is 12.6. The van der Waals surface area contributed by atoms with Crippen molar-refractivity contribution in [1.29, 1.82) is 0 Å². The molecule has 1 amide bonds. The van der Waals surface area contributed by atoms with Crippen LogP contribution < -0.4 is 14.9 Å². The van der Waals surface area contributed by atoms with Crippen LogP contribution in [0.3, 0.4) is 0 Å². The van der Waals surface area contributed by atoms with Gasteiger partial charge in [-0.15, -0.1) is 0 Å². The molecule has 4 rings (SSSR count). The quantitative estimate of drug-likeness (QED) is 0.294. The zero-order valence-corrected chi connectivity index (χ0v) is 20.1. The number of fused-ring (bicyclic) bond motifs is 1. The topological polar surface area (TPSA) is 103 Å². The second kappa shape index (κ2) is 9.51. The van der Waals surface area contributed by atoms with E-state index in [1.165, 1.54) is 25.0 Å². The summed E-state index contributed by atoms with van der Waals surface area (Å²) in [4.78, 5) is 22.9. The standard InChI is InChI=1S/C24H26BrN3O5/c1-24-10-4-3-5-18(24)21(24)23(29)27-26-13-16-11-19(25)22(20(12-16)32-2)33-14-15-6-8-17(9-7-15)28(30)31/h6-9,11-13,18,21H,3-5,10,14H2,1-2H3,(H,27,29)/b26-13-/t18-,21-,24+/m0/s1. The number of hydrogen-bond acceptors (Lipinski definition) is 6. The van der Waals surface area contributed by atoms with Gasteiger partial charge in [-0.2, -0.15) is 5.10 Å². The Bertz CT molecular complexity index is 1090. The van der Waals surface area contributed by atoms with Crippen LogP contribution in [0.5, 0.6) is 11.5 Å². The molecule has 8 nitrogen and oxygen atoms in total. The minimum absolute atomic E-state index is 0.00488. The van der Waals surface area contributed by atoms with Crippen molar-refractivity contribution in [1.82, 2.24) is 5.43 Å². The Hall–Kier alpha value is -2.94. The summed E-state index contributed by atoms with van der Waals surface area (Å²) < 4.78 is 12.0. The monoisotopic (exact) mass is 515 g/mol. The summed E-state index contributed by atoms with van der Waals surface area (Å²) in [5.41, 5.74) is 4.40. The number of nitrogens with one attached hydrogen (secondary N) is 1. The van der Waals surface area contributed by atoms with Crippen molar-refractivity contribution in [3.8, 4) is 11.5 Å². The molecule has 0 aliphatic heterocycles. The lowest BCUT2D eigenvalue weighted by Crippen LogP contribution is -2.22. The molecule has 0 aromatic heterocycles. The fourth-order valence-corrected chi connectivity index (χ4v) is 5.49. The predicted octanol–water partition coefficient (Wildman–Crippen LogP) is 5.22. The predicted molar refractivity (Wildman–Crippen MR) is 127 cm³/mol. The van der Waals surface area contributed by atoms with Gasteiger partial charge in [0, 0.05) is 18.1 Å². The molecule has 3 atom stereocenters. The fraction of sp³-hybridized carbons (Fsp3) is 0.417. The molecule has 2 aromatic carbocycles. The lowest BCUT2D eigenvalue weighted by Gasteiger charge is -2.15. The molecule has 0 saturated heterocycles. The van der Waals surface area contributed by atoms with Crippen molar-refractivity contribution in [2.24, 2.45) is 22.4 Å². The molecule has 2 aromatic rings. The van der Waals surface area contributed by atoms with Crippen LogP contribution in [0.25, 0.3) is 0 Å². The number of nitrogens with zero attached hydrogens (tertiary/aromatic N) is 2. The van der Waals surface area contributed by atoms with Crippen LogP contribution in [0.15, 0.2) is 46.0 Å². The van der Waals surface area contributed by atoms with Gasteiger partial charge >= 0.3 is 0 Å². The Balaban J connectivity index is 1.38. The normalized spacial score (nSPS) is 23.6. The van der Waals surface area contributed by atoms with E-state index in [0.717, 1.165) is 24.0 Å². The van der Waals surface area contributed by atoms with E-state index in [-0.39, 0.29) is 29.5 Å². The van der Waals surface area contributed by atoms with E-state index in [9.17, 15) is 14.9 Å². The van der Waals surface area contributed by atoms with Crippen molar-refractivity contribution in [3.05, 3.63) is 62.1 Å². The highest BCUT2D eigenvalue weighted by Crippen LogP contribution is 2.66. The van der Waals surface area contributed by atoms with E-state index in [1.807, 2.05) is 6.07 Å². The second-order valence-electron chi connectivity index (χ2n) is 8.82. The number of methoxy groups -OCH3 is 1. The number of carbonyl (C=O) groups is 1. The van der Waals surface area contributed by atoms with Gasteiger partial charge in [0.25, 0.3) is 5.69 Å². The van der Waals surface area contributed by atoms with E-state index in [2.05, 4.69) is 33.4 Å². The van der Waals surface area contributed by atoms with Crippen LogP contribution in [0, 0.1) is 27.4 Å². The third-order valence-electron chi connectivity index (χ3n) is 6.78. The summed E-state index contributed by atoms with van der Waals surface area (Å²) in [5.74, 6) is 1.55. The molecule has 1 N–H and O–H groups in total. The molecule has 2 aliphatic carbocycles. The number of benzene rings is 2. The van der Waals surface area contributed by atoms with Crippen LogP contribution in [0.4, 0.5) is 5.69 Å². The molecule has 2 saturated carbocycles. The van der Waals surface area contributed by atoms with E-state index in [1.54, 1.807) is 31.5 Å². The molecule has 2 fully saturated rings. The number of carbonyl (C=O) groups excluding carboxylic acids is 1. The Labute approximate surface area is 200 Å². The van der Waals surface area contributed by atoms with Crippen LogP contribution >= 0.6 is 15.9 Å². The summed E-state index contributed by atoms with van der Waals surface area (Å²) in [7, 11) is 1.54. The molecule has 0 spiro atoms. The van der Waals surface area contributed by atoms with Gasteiger partial charge in [0.15, 0.2) is 11.5 Å². The van der Waals surface area contributed by atoms with Gasteiger partial charge < -0.3 is 9.47 Å².